The second-order valence-electron chi connectivity index (χ2n) is 4.42. The number of carbonyl (C=O) groups excluding carboxylic acids is 1. The fourth-order valence-electron chi connectivity index (χ4n) is 1.91. The van der Waals surface area contributed by atoms with Crippen LogP contribution in [0.4, 0.5) is 0 Å². The summed E-state index contributed by atoms with van der Waals surface area (Å²) in [5.41, 5.74) is 2.27. The van der Waals surface area contributed by atoms with Gasteiger partial charge in [-0.1, -0.05) is 13.8 Å². The van der Waals surface area contributed by atoms with Crippen molar-refractivity contribution in [2.24, 2.45) is 0 Å². The largest absolute Gasteiger partial charge is 1.00 e. The van der Waals surface area contributed by atoms with Crippen LogP contribution in [0.2, 0.25) is 0 Å². The number of aliphatic carboxylic acids is 1. The molecule has 0 spiro atoms. The van der Waals surface area contributed by atoms with Crippen molar-refractivity contribution in [3.05, 3.63) is 23.3 Å². The van der Waals surface area contributed by atoms with Gasteiger partial charge in [-0.15, -0.1) is 0 Å². The molecule has 1 aromatic rings. The standard InChI is InChI=1S/C13H16O4S.Na/c1-8(2)10-4-12-11(16-7-17-12)3-9(10)5-18-6-13(14)15;/h3-4,8H,5-7H2,1-2H3,(H,14,15);/q;+1/p-1. The van der Waals surface area contributed by atoms with E-state index in [4.69, 9.17) is 9.47 Å². The molecular weight excluding hydrogens is 275 g/mol. The zero-order chi connectivity index (χ0) is 13.1. The molecule has 0 atom stereocenters. The van der Waals surface area contributed by atoms with Crippen molar-refractivity contribution in [1.82, 2.24) is 0 Å². The van der Waals surface area contributed by atoms with Crippen LogP contribution in [0.25, 0.3) is 0 Å². The third-order valence-corrected chi connectivity index (χ3v) is 3.69. The molecule has 0 saturated heterocycles. The molecule has 0 N–H and O–H groups in total. The Morgan fingerprint density at radius 2 is 2.00 bits per heavy atom. The van der Waals surface area contributed by atoms with E-state index in [1.165, 1.54) is 17.3 Å². The maximum absolute atomic E-state index is 10.4. The van der Waals surface area contributed by atoms with Gasteiger partial charge >= 0.3 is 29.6 Å². The van der Waals surface area contributed by atoms with Crippen molar-refractivity contribution in [3.63, 3.8) is 0 Å². The molecule has 1 aromatic carbocycles. The Hall–Kier alpha value is -0.360. The number of hydrogen-bond acceptors (Lipinski definition) is 5. The number of carbonyl (C=O) groups is 1. The first-order chi connectivity index (χ1) is 8.58. The molecule has 4 nitrogen and oxygen atoms in total. The zero-order valence-corrected chi connectivity index (χ0v) is 14.2. The molecule has 0 bridgehead atoms. The molecule has 6 heteroatoms. The van der Waals surface area contributed by atoms with E-state index in [2.05, 4.69) is 13.8 Å². The van der Waals surface area contributed by atoms with Gasteiger partial charge in [0.2, 0.25) is 6.79 Å². The SMILES string of the molecule is CC(C)c1cc2c(cc1CSCC(=O)[O-])OCO2.[Na+]. The van der Waals surface area contributed by atoms with E-state index in [0.29, 0.717) is 11.7 Å². The van der Waals surface area contributed by atoms with Crippen LogP contribution in [-0.2, 0) is 10.5 Å². The first-order valence-electron chi connectivity index (χ1n) is 5.78. The van der Waals surface area contributed by atoms with Crippen molar-refractivity contribution in [2.75, 3.05) is 12.5 Å². The minimum Gasteiger partial charge on any atom is -0.549 e. The van der Waals surface area contributed by atoms with Crippen molar-refractivity contribution >= 4 is 17.7 Å². The number of ether oxygens (including phenoxy) is 2. The topological polar surface area (TPSA) is 58.6 Å². The van der Waals surface area contributed by atoms with Gasteiger partial charge in [-0.05, 0) is 29.2 Å². The molecule has 0 saturated carbocycles. The molecular formula is C13H15NaO4S. The molecule has 0 amide bonds. The molecule has 0 radical (unpaired) electrons. The smallest absolute Gasteiger partial charge is 0.549 e. The average Bonchev–Trinajstić information content (AvgIpc) is 2.74. The number of thioether (sulfide) groups is 1. The van der Waals surface area contributed by atoms with Crippen molar-refractivity contribution in [1.29, 1.82) is 0 Å². The summed E-state index contributed by atoms with van der Waals surface area (Å²) >= 11 is 1.33. The fourth-order valence-corrected chi connectivity index (χ4v) is 2.65. The van der Waals surface area contributed by atoms with Gasteiger partial charge in [-0.25, -0.2) is 0 Å². The van der Waals surface area contributed by atoms with Crippen LogP contribution in [0, 0.1) is 0 Å². The van der Waals surface area contributed by atoms with Gasteiger partial charge in [-0.3, -0.25) is 0 Å². The Labute approximate surface area is 139 Å². The van der Waals surface area contributed by atoms with E-state index in [1.807, 2.05) is 12.1 Å². The van der Waals surface area contributed by atoms with Crippen LogP contribution in [0.5, 0.6) is 11.5 Å². The monoisotopic (exact) mass is 290 g/mol. The fraction of sp³-hybridized carbons (Fsp3) is 0.462. The molecule has 0 aliphatic carbocycles. The Bertz CT molecular complexity index is 462. The van der Waals surface area contributed by atoms with Crippen LogP contribution < -0.4 is 44.1 Å². The molecule has 2 rings (SSSR count). The maximum Gasteiger partial charge on any atom is 1.00 e. The third-order valence-electron chi connectivity index (χ3n) is 2.73. The van der Waals surface area contributed by atoms with Crippen LogP contribution in [0.3, 0.4) is 0 Å². The number of carboxylic acid groups (broad SMARTS) is 1. The minimum absolute atomic E-state index is 0. The second kappa shape index (κ2) is 7.43. The Morgan fingerprint density at radius 1 is 1.37 bits per heavy atom. The Kier molecular flexibility index (Phi) is 6.53. The summed E-state index contributed by atoms with van der Waals surface area (Å²) in [5.74, 6) is 1.48. The van der Waals surface area contributed by atoms with E-state index in [1.54, 1.807) is 0 Å². The van der Waals surface area contributed by atoms with E-state index < -0.39 is 5.97 Å². The van der Waals surface area contributed by atoms with E-state index in [-0.39, 0.29) is 42.1 Å². The predicted octanol–water partition coefficient (Wildman–Crippen LogP) is -1.47. The van der Waals surface area contributed by atoms with Crippen molar-refractivity contribution < 1.29 is 48.9 Å². The summed E-state index contributed by atoms with van der Waals surface area (Å²) in [6.45, 7) is 4.46. The molecule has 98 valence electrons. The maximum atomic E-state index is 10.4. The zero-order valence-electron chi connectivity index (χ0n) is 11.4. The first-order valence-corrected chi connectivity index (χ1v) is 6.93. The Morgan fingerprint density at radius 3 is 2.58 bits per heavy atom. The average molecular weight is 290 g/mol. The summed E-state index contributed by atoms with van der Waals surface area (Å²) < 4.78 is 10.7. The molecule has 0 unspecified atom stereocenters. The van der Waals surface area contributed by atoms with Crippen LogP contribution in [-0.4, -0.2) is 18.5 Å². The van der Waals surface area contributed by atoms with Gasteiger partial charge in [0.25, 0.3) is 0 Å². The van der Waals surface area contributed by atoms with Gasteiger partial charge in [0.1, 0.15) is 0 Å². The number of carboxylic acids is 1. The summed E-state index contributed by atoms with van der Waals surface area (Å²) in [4.78, 5) is 10.4. The van der Waals surface area contributed by atoms with E-state index in [0.717, 1.165) is 17.1 Å². The Balaban J connectivity index is 0.00000180. The van der Waals surface area contributed by atoms with Gasteiger partial charge in [0.15, 0.2) is 11.5 Å². The molecule has 0 fully saturated rings. The second-order valence-corrected chi connectivity index (χ2v) is 5.41. The van der Waals surface area contributed by atoms with Crippen LogP contribution in [0.1, 0.15) is 30.9 Å². The molecule has 1 aliphatic rings. The molecule has 19 heavy (non-hydrogen) atoms. The molecule has 0 aromatic heterocycles. The van der Waals surface area contributed by atoms with Crippen LogP contribution >= 0.6 is 11.8 Å². The molecule has 1 heterocycles. The van der Waals surface area contributed by atoms with E-state index >= 15 is 0 Å². The van der Waals surface area contributed by atoms with Crippen molar-refractivity contribution in [2.45, 2.75) is 25.5 Å². The van der Waals surface area contributed by atoms with Crippen LogP contribution in [0.15, 0.2) is 12.1 Å². The number of hydrogen-bond donors (Lipinski definition) is 0. The first kappa shape index (κ1) is 16.7. The van der Waals surface area contributed by atoms with E-state index in [9.17, 15) is 9.90 Å². The normalized spacial score (nSPS) is 12.4. The number of fused-ring (bicyclic) bond motifs is 1. The van der Waals surface area contributed by atoms with Gasteiger partial charge in [0.05, 0.1) is 5.97 Å². The van der Waals surface area contributed by atoms with Crippen molar-refractivity contribution in [3.8, 4) is 11.5 Å². The predicted molar refractivity (Wildman–Crippen MR) is 67.8 cm³/mol. The number of rotatable bonds is 5. The third kappa shape index (κ3) is 4.31. The van der Waals surface area contributed by atoms with Gasteiger partial charge in [0, 0.05) is 11.5 Å². The van der Waals surface area contributed by atoms with Gasteiger partial charge in [-0.2, -0.15) is 11.8 Å². The van der Waals surface area contributed by atoms with Gasteiger partial charge < -0.3 is 19.4 Å². The minimum atomic E-state index is -1.04. The summed E-state index contributed by atoms with van der Waals surface area (Å²) in [7, 11) is 0. The summed E-state index contributed by atoms with van der Waals surface area (Å²) in [6.07, 6.45) is 0. The summed E-state index contributed by atoms with van der Waals surface area (Å²) in [6, 6.07) is 3.93. The quantitative estimate of drug-likeness (QED) is 0.620. The molecule has 1 aliphatic heterocycles. The number of benzene rings is 1. The summed E-state index contributed by atoms with van der Waals surface area (Å²) in [5, 5.41) is 10.4.